The zero-order valence-electron chi connectivity index (χ0n) is 11.5. The number of rotatable bonds is 4. The normalized spacial score (nSPS) is 16.7. The number of Topliss-reactive ketones (excluding diaryl/α,β-unsaturated/α-hetero) is 1. The van der Waals surface area contributed by atoms with Crippen LogP contribution in [0.15, 0.2) is 18.2 Å². The van der Waals surface area contributed by atoms with Crippen LogP contribution in [0.2, 0.25) is 0 Å². The van der Waals surface area contributed by atoms with Gasteiger partial charge in [0.05, 0.1) is 17.4 Å². The molecule has 104 valence electrons. The molecule has 1 aliphatic rings. The molecular weight excluding hydrogens is 245 g/mol. The van der Waals surface area contributed by atoms with Crippen LogP contribution in [0, 0.1) is 5.82 Å². The summed E-state index contributed by atoms with van der Waals surface area (Å²) >= 11 is 0. The number of hydrogen-bond acceptors (Lipinski definition) is 3. The van der Waals surface area contributed by atoms with Crippen molar-refractivity contribution in [3.63, 3.8) is 0 Å². The Kier molecular flexibility index (Phi) is 4.53. The van der Waals surface area contributed by atoms with Crippen molar-refractivity contribution >= 4 is 11.5 Å². The minimum atomic E-state index is -0.433. The standard InChI is InChI=1S/C15H20FNO2/c1-3-19-12-7-9-17(10-8-12)14-6-4-5-13(16)15(14)11(2)18/h4-6,12H,3,7-10H2,1-2H3. The van der Waals surface area contributed by atoms with Crippen LogP contribution in [0.1, 0.15) is 37.0 Å². The Morgan fingerprint density at radius 1 is 1.42 bits per heavy atom. The molecule has 1 aliphatic heterocycles. The zero-order valence-corrected chi connectivity index (χ0v) is 11.5. The monoisotopic (exact) mass is 265 g/mol. The molecular formula is C15H20FNO2. The van der Waals surface area contributed by atoms with Crippen molar-refractivity contribution in [2.24, 2.45) is 0 Å². The van der Waals surface area contributed by atoms with Gasteiger partial charge in [0, 0.05) is 19.7 Å². The van der Waals surface area contributed by atoms with E-state index in [0.717, 1.165) is 32.5 Å². The van der Waals surface area contributed by atoms with Gasteiger partial charge in [-0.3, -0.25) is 4.79 Å². The van der Waals surface area contributed by atoms with E-state index in [2.05, 4.69) is 4.90 Å². The largest absolute Gasteiger partial charge is 0.378 e. The number of ketones is 1. The molecule has 0 aromatic heterocycles. The van der Waals surface area contributed by atoms with Crippen molar-refractivity contribution in [2.45, 2.75) is 32.8 Å². The third kappa shape index (κ3) is 3.13. The number of piperidine rings is 1. The van der Waals surface area contributed by atoms with Crippen molar-refractivity contribution in [3.8, 4) is 0 Å². The molecule has 0 bridgehead atoms. The van der Waals surface area contributed by atoms with Gasteiger partial charge in [-0.25, -0.2) is 4.39 Å². The second-order valence-corrected chi connectivity index (χ2v) is 4.83. The first kappa shape index (κ1) is 14.0. The van der Waals surface area contributed by atoms with Crippen LogP contribution in [0.5, 0.6) is 0 Å². The van der Waals surface area contributed by atoms with Crippen LogP contribution in [-0.2, 0) is 4.74 Å². The first-order chi connectivity index (χ1) is 9.13. The van der Waals surface area contributed by atoms with Gasteiger partial charge in [-0.2, -0.15) is 0 Å². The van der Waals surface area contributed by atoms with Gasteiger partial charge >= 0.3 is 0 Å². The maximum atomic E-state index is 13.8. The summed E-state index contributed by atoms with van der Waals surface area (Å²) in [5.74, 6) is -0.656. The van der Waals surface area contributed by atoms with Gasteiger partial charge in [-0.15, -0.1) is 0 Å². The molecule has 0 N–H and O–H groups in total. The van der Waals surface area contributed by atoms with Gasteiger partial charge in [0.15, 0.2) is 5.78 Å². The number of halogens is 1. The van der Waals surface area contributed by atoms with Crippen LogP contribution >= 0.6 is 0 Å². The first-order valence-electron chi connectivity index (χ1n) is 6.79. The molecule has 1 saturated heterocycles. The van der Waals surface area contributed by atoms with E-state index >= 15 is 0 Å². The van der Waals surface area contributed by atoms with E-state index in [9.17, 15) is 9.18 Å². The summed E-state index contributed by atoms with van der Waals surface area (Å²) in [7, 11) is 0. The van der Waals surface area contributed by atoms with Crippen molar-refractivity contribution in [3.05, 3.63) is 29.6 Å². The topological polar surface area (TPSA) is 29.5 Å². The Bertz CT molecular complexity index is 453. The summed E-state index contributed by atoms with van der Waals surface area (Å²) in [5, 5.41) is 0. The number of carbonyl (C=O) groups excluding carboxylic acids is 1. The Morgan fingerprint density at radius 3 is 2.68 bits per heavy atom. The van der Waals surface area contributed by atoms with Crippen LogP contribution in [0.25, 0.3) is 0 Å². The van der Waals surface area contributed by atoms with Crippen molar-refractivity contribution in [2.75, 3.05) is 24.6 Å². The molecule has 0 amide bonds. The summed E-state index contributed by atoms with van der Waals surface area (Å²) < 4.78 is 19.4. The molecule has 0 atom stereocenters. The van der Waals surface area contributed by atoms with Crippen molar-refractivity contribution in [1.29, 1.82) is 0 Å². The highest BCUT2D eigenvalue weighted by Gasteiger charge is 2.23. The molecule has 1 aromatic rings. The lowest BCUT2D eigenvalue weighted by molar-refractivity contribution is 0.0459. The lowest BCUT2D eigenvalue weighted by Gasteiger charge is -2.34. The molecule has 1 heterocycles. The molecule has 0 unspecified atom stereocenters. The van der Waals surface area contributed by atoms with Gasteiger partial charge < -0.3 is 9.64 Å². The molecule has 19 heavy (non-hydrogen) atoms. The van der Waals surface area contributed by atoms with Gasteiger partial charge in [-0.05, 0) is 38.8 Å². The first-order valence-corrected chi connectivity index (χ1v) is 6.79. The Morgan fingerprint density at radius 2 is 2.11 bits per heavy atom. The zero-order chi connectivity index (χ0) is 13.8. The number of hydrogen-bond donors (Lipinski definition) is 0. The smallest absolute Gasteiger partial charge is 0.164 e. The minimum absolute atomic E-state index is 0.206. The third-order valence-corrected chi connectivity index (χ3v) is 3.53. The highest BCUT2D eigenvalue weighted by molar-refractivity contribution is 6.00. The Hall–Kier alpha value is -1.42. The van der Waals surface area contributed by atoms with Gasteiger partial charge in [0.1, 0.15) is 5.82 Å². The van der Waals surface area contributed by atoms with E-state index in [-0.39, 0.29) is 17.5 Å². The summed E-state index contributed by atoms with van der Waals surface area (Å²) in [6.07, 6.45) is 2.12. The molecule has 0 saturated carbocycles. The average Bonchev–Trinajstić information content (AvgIpc) is 2.39. The molecule has 0 radical (unpaired) electrons. The highest BCUT2D eigenvalue weighted by Crippen LogP contribution is 2.27. The fraction of sp³-hybridized carbons (Fsp3) is 0.533. The molecule has 0 spiro atoms. The maximum absolute atomic E-state index is 13.8. The van der Waals surface area contributed by atoms with Crippen molar-refractivity contribution < 1.29 is 13.9 Å². The lowest BCUT2D eigenvalue weighted by atomic mass is 10.0. The van der Waals surface area contributed by atoms with Crippen LogP contribution in [0.3, 0.4) is 0 Å². The lowest BCUT2D eigenvalue weighted by Crippen LogP contribution is -2.37. The van der Waals surface area contributed by atoms with E-state index in [1.165, 1.54) is 13.0 Å². The Balaban J connectivity index is 2.15. The summed E-state index contributed by atoms with van der Waals surface area (Å²) in [6.45, 7) is 5.73. The maximum Gasteiger partial charge on any atom is 0.164 e. The predicted octanol–water partition coefficient (Wildman–Crippen LogP) is 3.03. The number of ether oxygens (including phenoxy) is 1. The van der Waals surface area contributed by atoms with E-state index in [1.54, 1.807) is 6.07 Å². The van der Waals surface area contributed by atoms with E-state index in [4.69, 9.17) is 4.74 Å². The van der Waals surface area contributed by atoms with Gasteiger partial charge in [0.2, 0.25) is 0 Å². The summed E-state index contributed by atoms with van der Waals surface area (Å²) in [6, 6.07) is 4.82. The second kappa shape index (κ2) is 6.15. The van der Waals surface area contributed by atoms with E-state index < -0.39 is 5.82 Å². The summed E-state index contributed by atoms with van der Waals surface area (Å²) in [5.41, 5.74) is 0.916. The Labute approximate surface area is 113 Å². The quantitative estimate of drug-likeness (QED) is 0.784. The SMILES string of the molecule is CCOC1CCN(c2cccc(F)c2C(C)=O)CC1. The fourth-order valence-electron chi connectivity index (χ4n) is 2.62. The predicted molar refractivity (Wildman–Crippen MR) is 73.3 cm³/mol. The molecule has 3 nitrogen and oxygen atoms in total. The summed E-state index contributed by atoms with van der Waals surface area (Å²) in [4.78, 5) is 13.7. The minimum Gasteiger partial charge on any atom is -0.378 e. The number of nitrogens with zero attached hydrogens (tertiary/aromatic N) is 1. The highest BCUT2D eigenvalue weighted by atomic mass is 19.1. The van der Waals surface area contributed by atoms with Crippen molar-refractivity contribution in [1.82, 2.24) is 0 Å². The second-order valence-electron chi connectivity index (χ2n) is 4.83. The molecule has 1 aromatic carbocycles. The van der Waals surface area contributed by atoms with Crippen LogP contribution < -0.4 is 4.90 Å². The fourth-order valence-corrected chi connectivity index (χ4v) is 2.62. The number of anilines is 1. The van der Waals surface area contributed by atoms with E-state index in [1.807, 2.05) is 13.0 Å². The molecule has 1 fully saturated rings. The van der Waals surface area contributed by atoms with Crippen LogP contribution in [0.4, 0.5) is 10.1 Å². The van der Waals surface area contributed by atoms with E-state index in [0.29, 0.717) is 5.69 Å². The number of carbonyl (C=O) groups is 1. The van der Waals surface area contributed by atoms with Crippen LogP contribution in [-0.4, -0.2) is 31.6 Å². The molecule has 4 heteroatoms. The molecule has 2 rings (SSSR count). The average molecular weight is 265 g/mol. The number of benzene rings is 1. The van der Waals surface area contributed by atoms with Gasteiger partial charge in [0.25, 0.3) is 0 Å². The van der Waals surface area contributed by atoms with Gasteiger partial charge in [-0.1, -0.05) is 6.07 Å². The third-order valence-electron chi connectivity index (χ3n) is 3.53. The molecule has 0 aliphatic carbocycles.